The number of methoxy groups -OCH3 is 1. The van der Waals surface area contributed by atoms with Crippen LogP contribution in [0.4, 0.5) is 0 Å². The zero-order valence-electron chi connectivity index (χ0n) is 10.1. The minimum absolute atomic E-state index is 0. The molecule has 1 aromatic carbocycles. The molecule has 0 aromatic heterocycles. The molecular formula is C12H17ClN2O3. The summed E-state index contributed by atoms with van der Waals surface area (Å²) in [6.45, 7) is 0.445. The number of carbonyl (C=O) groups excluding carboxylic acids is 1. The number of carbonyl (C=O) groups is 1. The Labute approximate surface area is 112 Å². The monoisotopic (exact) mass is 272 g/mol. The molecule has 0 bridgehead atoms. The van der Waals surface area contributed by atoms with Gasteiger partial charge in [0.1, 0.15) is 6.61 Å². The van der Waals surface area contributed by atoms with Crippen molar-refractivity contribution in [3.05, 3.63) is 23.8 Å². The van der Waals surface area contributed by atoms with Crippen LogP contribution in [-0.2, 0) is 11.2 Å². The van der Waals surface area contributed by atoms with Gasteiger partial charge in [-0.1, -0.05) is 12.1 Å². The smallest absolute Gasteiger partial charge is 0.234 e. The second-order valence-corrected chi connectivity index (χ2v) is 3.93. The summed E-state index contributed by atoms with van der Waals surface area (Å²) in [6, 6.07) is 5.72. The largest absolute Gasteiger partial charge is 0.493 e. The van der Waals surface area contributed by atoms with Gasteiger partial charge in [-0.25, -0.2) is 0 Å². The maximum absolute atomic E-state index is 11.2. The number of halogens is 1. The van der Waals surface area contributed by atoms with Crippen molar-refractivity contribution >= 4 is 18.3 Å². The summed E-state index contributed by atoms with van der Waals surface area (Å²) >= 11 is 0. The molecule has 1 aliphatic heterocycles. The third-order valence-electron chi connectivity index (χ3n) is 2.73. The van der Waals surface area contributed by atoms with Gasteiger partial charge in [0, 0.05) is 5.56 Å². The highest BCUT2D eigenvalue weighted by atomic mass is 35.5. The summed E-state index contributed by atoms with van der Waals surface area (Å²) in [4.78, 5) is 11.2. The summed E-state index contributed by atoms with van der Waals surface area (Å²) in [5, 5.41) is 2.82. The molecule has 5 nitrogen and oxygen atoms in total. The zero-order valence-corrected chi connectivity index (χ0v) is 11.0. The van der Waals surface area contributed by atoms with E-state index in [-0.39, 0.29) is 30.9 Å². The van der Waals surface area contributed by atoms with E-state index in [0.29, 0.717) is 6.61 Å². The molecule has 0 radical (unpaired) electrons. The molecule has 0 saturated heterocycles. The van der Waals surface area contributed by atoms with Crippen LogP contribution in [0.25, 0.3) is 0 Å². The van der Waals surface area contributed by atoms with Gasteiger partial charge in [0.2, 0.25) is 5.91 Å². The van der Waals surface area contributed by atoms with E-state index in [2.05, 4.69) is 5.32 Å². The molecule has 2 rings (SSSR count). The van der Waals surface area contributed by atoms with Crippen molar-refractivity contribution in [3.63, 3.8) is 0 Å². The molecule has 18 heavy (non-hydrogen) atoms. The second-order valence-electron chi connectivity index (χ2n) is 3.93. The summed E-state index contributed by atoms with van der Waals surface area (Å²) in [7, 11) is 1.61. The minimum atomic E-state index is -0.162. The number of hydrogen-bond donors (Lipinski definition) is 2. The first-order chi connectivity index (χ1) is 8.24. The van der Waals surface area contributed by atoms with Crippen molar-refractivity contribution < 1.29 is 14.3 Å². The number of nitrogens with one attached hydrogen (secondary N) is 1. The molecule has 1 aliphatic rings. The summed E-state index contributed by atoms with van der Waals surface area (Å²) < 4.78 is 10.8. The SMILES string of the molecule is COc1cccc2c1OCC(NC(=O)CN)C2.Cl. The number of fused-ring (bicyclic) bond motifs is 1. The Morgan fingerprint density at radius 2 is 2.39 bits per heavy atom. The van der Waals surface area contributed by atoms with Crippen LogP contribution in [0.2, 0.25) is 0 Å². The van der Waals surface area contributed by atoms with Gasteiger partial charge in [0.05, 0.1) is 19.7 Å². The number of ether oxygens (including phenoxy) is 2. The number of para-hydroxylation sites is 1. The molecule has 0 fully saturated rings. The Morgan fingerprint density at radius 1 is 1.61 bits per heavy atom. The first kappa shape index (κ1) is 14.6. The Balaban J connectivity index is 0.00000162. The highest BCUT2D eigenvalue weighted by molar-refractivity contribution is 5.85. The third-order valence-corrected chi connectivity index (χ3v) is 2.73. The van der Waals surface area contributed by atoms with E-state index >= 15 is 0 Å². The number of nitrogens with two attached hydrogens (primary N) is 1. The summed E-state index contributed by atoms with van der Waals surface area (Å²) in [6.07, 6.45) is 0.734. The fourth-order valence-corrected chi connectivity index (χ4v) is 1.93. The van der Waals surface area contributed by atoms with Gasteiger partial charge in [0.15, 0.2) is 11.5 Å². The predicted molar refractivity (Wildman–Crippen MR) is 70.4 cm³/mol. The number of rotatable bonds is 3. The van der Waals surface area contributed by atoms with Crippen LogP contribution in [0, 0.1) is 0 Å². The van der Waals surface area contributed by atoms with Crippen LogP contribution in [-0.4, -0.2) is 32.2 Å². The maximum Gasteiger partial charge on any atom is 0.234 e. The molecule has 1 aromatic rings. The lowest BCUT2D eigenvalue weighted by atomic mass is 10.0. The Kier molecular flexibility index (Phi) is 5.25. The molecule has 1 amide bonds. The predicted octanol–water partition coefficient (Wildman–Crippen LogP) is 0.495. The highest BCUT2D eigenvalue weighted by Gasteiger charge is 2.23. The fraction of sp³-hybridized carbons (Fsp3) is 0.417. The van der Waals surface area contributed by atoms with Crippen molar-refractivity contribution in [1.29, 1.82) is 0 Å². The lowest BCUT2D eigenvalue weighted by Crippen LogP contribution is -2.45. The van der Waals surface area contributed by atoms with E-state index in [1.54, 1.807) is 7.11 Å². The fourth-order valence-electron chi connectivity index (χ4n) is 1.93. The van der Waals surface area contributed by atoms with Crippen molar-refractivity contribution in [2.24, 2.45) is 5.73 Å². The Hall–Kier alpha value is -1.46. The molecule has 1 atom stereocenters. The van der Waals surface area contributed by atoms with Gasteiger partial charge < -0.3 is 20.5 Å². The van der Waals surface area contributed by atoms with Gasteiger partial charge in [-0.3, -0.25) is 4.79 Å². The van der Waals surface area contributed by atoms with Crippen molar-refractivity contribution in [2.75, 3.05) is 20.3 Å². The van der Waals surface area contributed by atoms with Crippen molar-refractivity contribution in [2.45, 2.75) is 12.5 Å². The van der Waals surface area contributed by atoms with E-state index in [4.69, 9.17) is 15.2 Å². The zero-order chi connectivity index (χ0) is 12.3. The van der Waals surface area contributed by atoms with Crippen molar-refractivity contribution in [3.8, 4) is 11.5 Å². The van der Waals surface area contributed by atoms with Crippen LogP contribution < -0.4 is 20.5 Å². The van der Waals surface area contributed by atoms with Crippen LogP contribution in [0.1, 0.15) is 5.56 Å². The van der Waals surface area contributed by atoms with E-state index in [1.165, 1.54) is 0 Å². The Bertz CT molecular complexity index is 426. The number of benzene rings is 1. The van der Waals surface area contributed by atoms with Gasteiger partial charge in [-0.15, -0.1) is 12.4 Å². The quantitative estimate of drug-likeness (QED) is 0.840. The van der Waals surface area contributed by atoms with Crippen LogP contribution >= 0.6 is 12.4 Å². The van der Waals surface area contributed by atoms with Gasteiger partial charge >= 0.3 is 0 Å². The average molecular weight is 273 g/mol. The maximum atomic E-state index is 11.2. The molecule has 3 N–H and O–H groups in total. The van der Waals surface area contributed by atoms with Crippen molar-refractivity contribution in [1.82, 2.24) is 5.32 Å². The minimum Gasteiger partial charge on any atom is -0.493 e. The number of amides is 1. The van der Waals surface area contributed by atoms with E-state index in [0.717, 1.165) is 23.5 Å². The normalized spacial score (nSPS) is 16.9. The van der Waals surface area contributed by atoms with Crippen LogP contribution in [0.15, 0.2) is 18.2 Å². The Morgan fingerprint density at radius 3 is 3.06 bits per heavy atom. The van der Waals surface area contributed by atoms with Gasteiger partial charge in [0.25, 0.3) is 0 Å². The number of hydrogen-bond acceptors (Lipinski definition) is 4. The third kappa shape index (κ3) is 3.05. The summed E-state index contributed by atoms with van der Waals surface area (Å²) in [5.74, 6) is 1.34. The topological polar surface area (TPSA) is 73.6 Å². The van der Waals surface area contributed by atoms with E-state index < -0.39 is 0 Å². The van der Waals surface area contributed by atoms with Crippen LogP contribution in [0.3, 0.4) is 0 Å². The van der Waals surface area contributed by atoms with E-state index in [9.17, 15) is 4.79 Å². The van der Waals surface area contributed by atoms with Crippen LogP contribution in [0.5, 0.6) is 11.5 Å². The molecule has 0 spiro atoms. The van der Waals surface area contributed by atoms with E-state index in [1.807, 2.05) is 18.2 Å². The molecule has 1 heterocycles. The summed E-state index contributed by atoms with van der Waals surface area (Å²) in [5.41, 5.74) is 6.30. The first-order valence-electron chi connectivity index (χ1n) is 5.52. The average Bonchev–Trinajstić information content (AvgIpc) is 2.37. The lowest BCUT2D eigenvalue weighted by Gasteiger charge is -2.27. The lowest BCUT2D eigenvalue weighted by molar-refractivity contribution is -0.120. The molecule has 6 heteroatoms. The standard InChI is InChI=1S/C12H16N2O3.ClH/c1-16-10-4-2-3-8-5-9(7-17-12(8)10)14-11(15)6-13;/h2-4,9H,5-7,13H2,1H3,(H,14,15);1H. The van der Waals surface area contributed by atoms with Gasteiger partial charge in [-0.05, 0) is 12.5 Å². The van der Waals surface area contributed by atoms with Gasteiger partial charge in [-0.2, -0.15) is 0 Å². The highest BCUT2D eigenvalue weighted by Crippen LogP contribution is 2.34. The first-order valence-corrected chi connectivity index (χ1v) is 5.52. The molecule has 0 aliphatic carbocycles. The molecule has 0 saturated carbocycles. The second kappa shape index (κ2) is 6.47. The molecule has 1 unspecified atom stereocenters. The molecular weight excluding hydrogens is 256 g/mol. The molecule has 100 valence electrons.